The Morgan fingerprint density at radius 3 is 2.62 bits per heavy atom. The van der Waals surface area contributed by atoms with Crippen LogP contribution in [0.15, 0.2) is 42.5 Å². The van der Waals surface area contributed by atoms with Crippen LogP contribution in [0, 0.1) is 5.82 Å². The lowest BCUT2D eigenvalue weighted by atomic mass is 10.1. The highest BCUT2D eigenvalue weighted by molar-refractivity contribution is 6.03. The summed E-state index contributed by atoms with van der Waals surface area (Å²) < 4.78 is 18.4. The van der Waals surface area contributed by atoms with Crippen LogP contribution in [0.3, 0.4) is 0 Å². The summed E-state index contributed by atoms with van der Waals surface area (Å²) in [6.07, 6.45) is 0.269. The number of fused-ring (bicyclic) bond motifs is 1. The van der Waals surface area contributed by atoms with Crippen molar-refractivity contribution in [3.63, 3.8) is 0 Å². The van der Waals surface area contributed by atoms with Gasteiger partial charge in [-0.15, -0.1) is 0 Å². The summed E-state index contributed by atoms with van der Waals surface area (Å²) in [4.78, 5) is 28.9. The van der Waals surface area contributed by atoms with Crippen LogP contribution in [-0.4, -0.2) is 56.1 Å². The number of amides is 2. The lowest BCUT2D eigenvalue weighted by Crippen LogP contribution is -2.41. The van der Waals surface area contributed by atoms with E-state index in [1.165, 1.54) is 12.1 Å². The monoisotopic (exact) mass is 397 g/mol. The van der Waals surface area contributed by atoms with E-state index in [1.807, 2.05) is 6.07 Å². The smallest absolute Gasteiger partial charge is 0.251 e. The molecule has 2 aliphatic heterocycles. The summed E-state index contributed by atoms with van der Waals surface area (Å²) in [6.45, 7) is 5.01. The van der Waals surface area contributed by atoms with Crippen molar-refractivity contribution in [3.8, 4) is 0 Å². The van der Waals surface area contributed by atoms with Crippen molar-refractivity contribution in [1.29, 1.82) is 0 Å². The van der Waals surface area contributed by atoms with Crippen molar-refractivity contribution >= 4 is 17.5 Å². The third-order valence-electron chi connectivity index (χ3n) is 5.35. The van der Waals surface area contributed by atoms with Crippen LogP contribution in [0.1, 0.15) is 21.5 Å². The van der Waals surface area contributed by atoms with Crippen molar-refractivity contribution in [2.75, 3.05) is 44.3 Å². The number of anilines is 1. The van der Waals surface area contributed by atoms with E-state index < -0.39 is 0 Å². The number of nitrogens with one attached hydrogen (secondary N) is 1. The maximum Gasteiger partial charge on any atom is 0.251 e. The van der Waals surface area contributed by atoms with Crippen molar-refractivity contribution in [1.82, 2.24) is 10.2 Å². The normalized spacial score (nSPS) is 16.7. The van der Waals surface area contributed by atoms with Crippen molar-refractivity contribution in [2.24, 2.45) is 0 Å². The Morgan fingerprint density at radius 1 is 1.10 bits per heavy atom. The molecule has 2 aliphatic rings. The molecule has 6 nitrogen and oxygen atoms in total. The van der Waals surface area contributed by atoms with Crippen molar-refractivity contribution < 1.29 is 18.7 Å². The highest BCUT2D eigenvalue weighted by atomic mass is 19.1. The van der Waals surface area contributed by atoms with E-state index in [0.29, 0.717) is 18.7 Å². The van der Waals surface area contributed by atoms with Crippen LogP contribution in [-0.2, 0) is 22.5 Å². The Balaban J connectivity index is 1.38. The second kappa shape index (κ2) is 8.71. The fraction of sp³-hybridized carbons (Fsp3) is 0.364. The van der Waals surface area contributed by atoms with Gasteiger partial charge in [-0.25, -0.2) is 4.39 Å². The Labute approximate surface area is 169 Å². The number of hydrogen-bond donors (Lipinski definition) is 1. The number of nitrogens with zero attached hydrogens (tertiary/aromatic N) is 2. The molecule has 2 heterocycles. The maximum atomic E-state index is 13.1. The molecule has 0 bridgehead atoms. The molecule has 29 heavy (non-hydrogen) atoms. The third kappa shape index (κ3) is 4.63. The average Bonchev–Trinajstić information content (AvgIpc) is 3.04. The molecule has 7 heteroatoms. The van der Waals surface area contributed by atoms with Gasteiger partial charge < -0.3 is 15.0 Å². The van der Waals surface area contributed by atoms with E-state index in [4.69, 9.17) is 4.74 Å². The van der Waals surface area contributed by atoms with Gasteiger partial charge in [0.2, 0.25) is 5.91 Å². The summed E-state index contributed by atoms with van der Waals surface area (Å²) in [6, 6.07) is 11.5. The van der Waals surface area contributed by atoms with Gasteiger partial charge in [-0.3, -0.25) is 14.5 Å². The van der Waals surface area contributed by atoms with Gasteiger partial charge in [-0.05, 0) is 41.5 Å². The van der Waals surface area contributed by atoms with Crippen molar-refractivity contribution in [2.45, 2.75) is 13.0 Å². The van der Waals surface area contributed by atoms with E-state index in [-0.39, 0.29) is 24.1 Å². The summed E-state index contributed by atoms with van der Waals surface area (Å²) in [5.41, 5.74) is 3.07. The predicted octanol–water partition coefficient (Wildman–Crippen LogP) is 1.98. The van der Waals surface area contributed by atoms with E-state index >= 15 is 0 Å². The highest BCUT2D eigenvalue weighted by Crippen LogP contribution is 2.31. The average molecular weight is 397 g/mol. The molecule has 4 rings (SSSR count). The van der Waals surface area contributed by atoms with E-state index in [0.717, 1.165) is 49.7 Å². The first-order valence-electron chi connectivity index (χ1n) is 9.86. The van der Waals surface area contributed by atoms with Gasteiger partial charge in [0, 0.05) is 37.4 Å². The Hall–Kier alpha value is -2.77. The molecule has 0 atom stereocenters. The van der Waals surface area contributed by atoms with Crippen LogP contribution >= 0.6 is 0 Å². The summed E-state index contributed by atoms with van der Waals surface area (Å²) in [5, 5.41) is 2.95. The number of carbonyl (C=O) groups excluding carboxylic acids is 2. The molecular formula is C22H24FN3O3. The van der Waals surface area contributed by atoms with Gasteiger partial charge >= 0.3 is 0 Å². The molecule has 2 aromatic rings. The lowest BCUT2D eigenvalue weighted by molar-refractivity contribution is -0.117. The third-order valence-corrected chi connectivity index (χ3v) is 5.35. The summed E-state index contributed by atoms with van der Waals surface area (Å²) in [5.74, 6) is -0.453. The highest BCUT2D eigenvalue weighted by Gasteiger charge is 2.28. The minimum atomic E-state index is -0.300. The number of morpholine rings is 1. The minimum absolute atomic E-state index is 0.0193. The van der Waals surface area contributed by atoms with Crippen LogP contribution in [0.25, 0.3) is 0 Å². The van der Waals surface area contributed by atoms with Gasteiger partial charge in [-0.2, -0.15) is 0 Å². The maximum absolute atomic E-state index is 13.1. The Bertz CT molecular complexity index is 895. The SMILES string of the molecule is O=C(NCCN1CCOCC1)c1ccc2c(c1)CC(=O)N2Cc1ccc(F)cc1. The molecule has 0 saturated carbocycles. The molecular weight excluding hydrogens is 373 g/mol. The second-order valence-corrected chi connectivity index (χ2v) is 7.34. The molecule has 152 valence electrons. The quantitative estimate of drug-likeness (QED) is 0.810. The molecule has 0 unspecified atom stereocenters. The zero-order valence-corrected chi connectivity index (χ0v) is 16.2. The molecule has 1 N–H and O–H groups in total. The number of rotatable bonds is 6. The Kier molecular flexibility index (Phi) is 5.87. The molecule has 0 spiro atoms. The zero-order valence-electron chi connectivity index (χ0n) is 16.2. The van der Waals surface area contributed by atoms with E-state index in [1.54, 1.807) is 29.2 Å². The van der Waals surface area contributed by atoms with Gasteiger partial charge in [0.1, 0.15) is 5.82 Å². The summed E-state index contributed by atoms with van der Waals surface area (Å²) in [7, 11) is 0. The van der Waals surface area contributed by atoms with Crippen LogP contribution in [0.4, 0.5) is 10.1 Å². The van der Waals surface area contributed by atoms with Gasteiger partial charge in [0.15, 0.2) is 0 Å². The first-order valence-corrected chi connectivity index (χ1v) is 9.86. The number of benzene rings is 2. The summed E-state index contributed by atoms with van der Waals surface area (Å²) >= 11 is 0. The fourth-order valence-corrected chi connectivity index (χ4v) is 3.72. The van der Waals surface area contributed by atoms with E-state index in [9.17, 15) is 14.0 Å². The Morgan fingerprint density at radius 2 is 1.86 bits per heavy atom. The van der Waals surface area contributed by atoms with Crippen LogP contribution < -0.4 is 10.2 Å². The topological polar surface area (TPSA) is 61.9 Å². The van der Waals surface area contributed by atoms with Crippen LogP contribution in [0.5, 0.6) is 0 Å². The minimum Gasteiger partial charge on any atom is -0.379 e. The molecule has 1 saturated heterocycles. The second-order valence-electron chi connectivity index (χ2n) is 7.34. The van der Waals surface area contributed by atoms with E-state index in [2.05, 4.69) is 10.2 Å². The molecule has 2 amide bonds. The number of halogens is 1. The number of hydrogen-bond acceptors (Lipinski definition) is 4. The standard InChI is InChI=1S/C22H24FN3O3/c23-19-4-1-16(2-5-19)15-26-20-6-3-17(13-18(20)14-21(26)27)22(28)24-7-8-25-9-11-29-12-10-25/h1-6,13H,7-12,14-15H2,(H,24,28). The van der Waals surface area contributed by atoms with Gasteiger partial charge in [-0.1, -0.05) is 12.1 Å². The van der Waals surface area contributed by atoms with Gasteiger partial charge in [0.05, 0.1) is 26.2 Å². The lowest BCUT2D eigenvalue weighted by Gasteiger charge is -2.26. The molecule has 2 aromatic carbocycles. The number of carbonyl (C=O) groups is 2. The fourth-order valence-electron chi connectivity index (χ4n) is 3.72. The molecule has 0 aromatic heterocycles. The van der Waals surface area contributed by atoms with Crippen LogP contribution in [0.2, 0.25) is 0 Å². The predicted molar refractivity (Wildman–Crippen MR) is 107 cm³/mol. The van der Waals surface area contributed by atoms with Gasteiger partial charge in [0.25, 0.3) is 5.91 Å². The van der Waals surface area contributed by atoms with Crippen molar-refractivity contribution in [3.05, 3.63) is 65.0 Å². The first-order chi connectivity index (χ1) is 14.1. The largest absolute Gasteiger partial charge is 0.379 e. The zero-order chi connectivity index (χ0) is 20.2. The molecule has 0 radical (unpaired) electrons. The number of ether oxygens (including phenoxy) is 1. The first kappa shape index (κ1) is 19.5. The molecule has 0 aliphatic carbocycles. The molecule has 1 fully saturated rings.